The number of aliphatic hydroxyl groups excluding tert-OH is 1. The molecule has 7 heavy (non-hydrogen) atoms. The standard InChI is InChI=1S/C4H10NOP/c6-4(7)5-2-1-3-5/h4,6H,1-3,7H2. The molecule has 1 saturated heterocycles. The summed E-state index contributed by atoms with van der Waals surface area (Å²) in [6, 6.07) is 0. The fraction of sp³-hybridized carbons (Fsp3) is 1.00. The van der Waals surface area contributed by atoms with Crippen molar-refractivity contribution in [1.82, 2.24) is 4.90 Å². The molecule has 0 bridgehead atoms. The van der Waals surface area contributed by atoms with Gasteiger partial charge in [0.1, 0.15) is 5.97 Å². The van der Waals surface area contributed by atoms with Crippen LogP contribution in [-0.2, 0) is 0 Å². The van der Waals surface area contributed by atoms with Crippen LogP contribution in [-0.4, -0.2) is 29.1 Å². The van der Waals surface area contributed by atoms with Gasteiger partial charge in [-0.15, -0.1) is 0 Å². The molecular weight excluding hydrogens is 109 g/mol. The Balaban J connectivity index is 2.14. The van der Waals surface area contributed by atoms with Crippen molar-refractivity contribution in [1.29, 1.82) is 0 Å². The molecule has 0 spiro atoms. The number of rotatable bonds is 1. The third-order valence-electron chi connectivity index (χ3n) is 1.26. The van der Waals surface area contributed by atoms with Crippen LogP contribution in [0.25, 0.3) is 0 Å². The Morgan fingerprint density at radius 2 is 2.14 bits per heavy atom. The summed E-state index contributed by atoms with van der Waals surface area (Å²) in [5, 5.41) is 8.76. The monoisotopic (exact) mass is 119 g/mol. The number of aliphatic hydroxyl groups is 1. The van der Waals surface area contributed by atoms with Gasteiger partial charge < -0.3 is 5.11 Å². The second-order valence-electron chi connectivity index (χ2n) is 1.80. The molecule has 0 aromatic heterocycles. The predicted molar refractivity (Wildman–Crippen MR) is 31.9 cm³/mol. The van der Waals surface area contributed by atoms with E-state index < -0.39 is 0 Å². The quantitative estimate of drug-likeness (QED) is 0.485. The average molecular weight is 119 g/mol. The first-order valence-electron chi connectivity index (χ1n) is 2.48. The van der Waals surface area contributed by atoms with Gasteiger partial charge in [0.15, 0.2) is 0 Å². The van der Waals surface area contributed by atoms with Crippen molar-refractivity contribution in [2.24, 2.45) is 0 Å². The molecule has 0 saturated carbocycles. The summed E-state index contributed by atoms with van der Waals surface area (Å²) in [6.45, 7) is 2.12. The first-order chi connectivity index (χ1) is 3.30. The van der Waals surface area contributed by atoms with Crippen LogP contribution in [0, 0.1) is 0 Å². The lowest BCUT2D eigenvalue weighted by Gasteiger charge is -2.32. The highest BCUT2D eigenvalue weighted by Crippen LogP contribution is 2.12. The molecule has 1 heterocycles. The Labute approximate surface area is 45.7 Å². The lowest BCUT2D eigenvalue weighted by atomic mass is 10.2. The van der Waals surface area contributed by atoms with Gasteiger partial charge in [-0.1, -0.05) is 9.24 Å². The van der Waals surface area contributed by atoms with Gasteiger partial charge in [-0.3, -0.25) is 4.90 Å². The minimum absolute atomic E-state index is 0.297. The third kappa shape index (κ3) is 1.12. The van der Waals surface area contributed by atoms with E-state index in [-0.39, 0.29) is 5.97 Å². The van der Waals surface area contributed by atoms with Crippen LogP contribution in [0.3, 0.4) is 0 Å². The van der Waals surface area contributed by atoms with Crippen molar-refractivity contribution in [3.8, 4) is 0 Å². The molecule has 0 aliphatic carbocycles. The van der Waals surface area contributed by atoms with Crippen molar-refractivity contribution in [2.75, 3.05) is 13.1 Å². The molecule has 42 valence electrons. The van der Waals surface area contributed by atoms with Crippen LogP contribution in [0.1, 0.15) is 6.42 Å². The van der Waals surface area contributed by atoms with Crippen LogP contribution < -0.4 is 0 Å². The second kappa shape index (κ2) is 2.08. The van der Waals surface area contributed by atoms with E-state index in [0.717, 1.165) is 13.1 Å². The summed E-state index contributed by atoms with van der Waals surface area (Å²) in [7, 11) is 2.35. The molecule has 2 atom stereocenters. The SMILES string of the molecule is OC(P)N1CCC1. The smallest absolute Gasteiger partial charge is 0.120 e. The predicted octanol–water partition coefficient (Wildman–Crippen LogP) is -0.157. The molecule has 0 aromatic rings. The second-order valence-corrected chi connectivity index (χ2v) is 2.40. The summed E-state index contributed by atoms with van der Waals surface area (Å²) >= 11 is 0. The zero-order chi connectivity index (χ0) is 5.28. The lowest BCUT2D eigenvalue weighted by Crippen LogP contribution is -2.41. The maximum atomic E-state index is 8.76. The third-order valence-corrected chi connectivity index (χ3v) is 1.69. The number of likely N-dealkylation sites (tertiary alicyclic amines) is 1. The highest BCUT2D eigenvalue weighted by molar-refractivity contribution is 7.17. The molecule has 1 fully saturated rings. The highest BCUT2D eigenvalue weighted by atomic mass is 31.0. The fourth-order valence-electron chi connectivity index (χ4n) is 0.605. The molecular formula is C4H10NOP. The normalized spacial score (nSPS) is 26.6. The Hall–Kier alpha value is 0.350. The molecule has 0 radical (unpaired) electrons. The summed E-state index contributed by atoms with van der Waals surface area (Å²) < 4.78 is 0. The first-order valence-corrected chi connectivity index (χ1v) is 3.15. The number of hydrogen-bond donors (Lipinski definition) is 1. The molecule has 2 unspecified atom stereocenters. The molecule has 0 aromatic carbocycles. The lowest BCUT2D eigenvalue weighted by molar-refractivity contribution is 0.0288. The van der Waals surface area contributed by atoms with Crippen LogP contribution in [0.2, 0.25) is 0 Å². The maximum Gasteiger partial charge on any atom is 0.120 e. The van der Waals surface area contributed by atoms with E-state index in [1.165, 1.54) is 6.42 Å². The van der Waals surface area contributed by atoms with Gasteiger partial charge >= 0.3 is 0 Å². The van der Waals surface area contributed by atoms with Crippen molar-refractivity contribution in [3.05, 3.63) is 0 Å². The molecule has 0 amide bonds. The Morgan fingerprint density at radius 1 is 1.57 bits per heavy atom. The van der Waals surface area contributed by atoms with E-state index in [1.807, 2.05) is 4.90 Å². The van der Waals surface area contributed by atoms with Gasteiger partial charge in [-0.05, 0) is 6.42 Å². The van der Waals surface area contributed by atoms with E-state index in [4.69, 9.17) is 5.11 Å². The van der Waals surface area contributed by atoms with Crippen LogP contribution in [0.5, 0.6) is 0 Å². The summed E-state index contributed by atoms with van der Waals surface area (Å²) in [4.78, 5) is 1.99. The van der Waals surface area contributed by atoms with Crippen molar-refractivity contribution in [2.45, 2.75) is 12.4 Å². The largest absolute Gasteiger partial charge is 0.375 e. The topological polar surface area (TPSA) is 23.5 Å². The molecule has 1 rings (SSSR count). The van der Waals surface area contributed by atoms with Gasteiger partial charge in [-0.2, -0.15) is 0 Å². The number of nitrogens with zero attached hydrogens (tertiary/aromatic N) is 1. The van der Waals surface area contributed by atoms with Crippen LogP contribution >= 0.6 is 9.24 Å². The summed E-state index contributed by atoms with van der Waals surface area (Å²) in [6.07, 6.45) is 1.24. The fourth-order valence-corrected chi connectivity index (χ4v) is 0.903. The van der Waals surface area contributed by atoms with E-state index in [1.54, 1.807) is 0 Å². The van der Waals surface area contributed by atoms with E-state index in [0.29, 0.717) is 0 Å². The summed E-state index contributed by atoms with van der Waals surface area (Å²) in [5.41, 5.74) is 0. The molecule has 1 N–H and O–H groups in total. The summed E-state index contributed by atoms with van der Waals surface area (Å²) in [5.74, 6) is -0.297. The molecule has 1 aliphatic rings. The minimum Gasteiger partial charge on any atom is -0.375 e. The van der Waals surface area contributed by atoms with Gasteiger partial charge in [0.05, 0.1) is 0 Å². The molecule has 2 nitrogen and oxygen atoms in total. The maximum absolute atomic E-state index is 8.76. The van der Waals surface area contributed by atoms with Crippen molar-refractivity contribution < 1.29 is 5.11 Å². The van der Waals surface area contributed by atoms with Crippen LogP contribution in [0.15, 0.2) is 0 Å². The van der Waals surface area contributed by atoms with Gasteiger partial charge in [0.25, 0.3) is 0 Å². The van der Waals surface area contributed by atoms with E-state index in [2.05, 4.69) is 9.24 Å². The van der Waals surface area contributed by atoms with Gasteiger partial charge in [0.2, 0.25) is 0 Å². The zero-order valence-electron chi connectivity index (χ0n) is 4.17. The highest BCUT2D eigenvalue weighted by Gasteiger charge is 2.16. The Morgan fingerprint density at radius 3 is 2.14 bits per heavy atom. The minimum atomic E-state index is -0.297. The van der Waals surface area contributed by atoms with E-state index >= 15 is 0 Å². The average Bonchev–Trinajstić information content (AvgIpc) is 1.23. The van der Waals surface area contributed by atoms with Gasteiger partial charge in [0, 0.05) is 13.1 Å². The Kier molecular flexibility index (Phi) is 1.63. The van der Waals surface area contributed by atoms with E-state index in [9.17, 15) is 0 Å². The van der Waals surface area contributed by atoms with Gasteiger partial charge in [-0.25, -0.2) is 0 Å². The van der Waals surface area contributed by atoms with Crippen LogP contribution in [0.4, 0.5) is 0 Å². The zero-order valence-corrected chi connectivity index (χ0v) is 5.33. The Bertz CT molecular complexity index is 62.7. The van der Waals surface area contributed by atoms with Crippen molar-refractivity contribution >= 4 is 9.24 Å². The molecule has 3 heteroatoms. The van der Waals surface area contributed by atoms with Crippen molar-refractivity contribution in [3.63, 3.8) is 0 Å². The first kappa shape index (κ1) is 5.49. The molecule has 1 aliphatic heterocycles. The number of hydrogen-bond acceptors (Lipinski definition) is 2.